The maximum Gasteiger partial charge on any atom is 0.269 e. The van der Waals surface area contributed by atoms with Gasteiger partial charge in [-0.2, -0.15) is 0 Å². The molecule has 0 atom stereocenters. The number of nitro benzene ring substituents is 1. The SMILES string of the molecule is O=[N+]([O-])c1ccc(CCc2ccc(OCc3ccccc3)cc2)cc1. The molecule has 0 aliphatic carbocycles. The zero-order valence-electron chi connectivity index (χ0n) is 13.8. The molecule has 3 rings (SSSR count). The van der Waals surface area contributed by atoms with Gasteiger partial charge in [-0.3, -0.25) is 10.1 Å². The predicted octanol–water partition coefficient (Wildman–Crippen LogP) is 4.96. The van der Waals surface area contributed by atoms with E-state index in [1.807, 2.05) is 54.6 Å². The maximum absolute atomic E-state index is 10.7. The van der Waals surface area contributed by atoms with Gasteiger partial charge >= 0.3 is 0 Å². The molecule has 0 aliphatic heterocycles. The van der Waals surface area contributed by atoms with Crippen molar-refractivity contribution in [3.63, 3.8) is 0 Å². The summed E-state index contributed by atoms with van der Waals surface area (Å²) in [6, 6.07) is 24.9. The summed E-state index contributed by atoms with van der Waals surface area (Å²) in [7, 11) is 0. The Morgan fingerprint density at radius 1 is 0.720 bits per heavy atom. The molecule has 0 aliphatic rings. The Balaban J connectivity index is 1.51. The molecule has 3 aromatic carbocycles. The van der Waals surface area contributed by atoms with Crippen molar-refractivity contribution in [1.29, 1.82) is 0 Å². The minimum atomic E-state index is -0.377. The van der Waals surface area contributed by atoms with Crippen molar-refractivity contribution in [3.8, 4) is 5.75 Å². The highest BCUT2D eigenvalue weighted by molar-refractivity contribution is 5.34. The highest BCUT2D eigenvalue weighted by Crippen LogP contribution is 2.17. The second kappa shape index (κ2) is 8.11. The highest BCUT2D eigenvalue weighted by Gasteiger charge is 2.04. The summed E-state index contributed by atoms with van der Waals surface area (Å²) in [6.07, 6.45) is 1.74. The molecule has 0 saturated carbocycles. The molecule has 25 heavy (non-hydrogen) atoms. The number of hydrogen-bond acceptors (Lipinski definition) is 3. The summed E-state index contributed by atoms with van der Waals surface area (Å²) in [4.78, 5) is 10.3. The standard InChI is InChI=1S/C21H19NO3/c23-22(24)20-12-8-17(9-13-20)6-7-18-10-14-21(15-11-18)25-16-19-4-2-1-3-5-19/h1-5,8-15H,6-7,16H2. The summed E-state index contributed by atoms with van der Waals surface area (Å²) < 4.78 is 5.78. The lowest BCUT2D eigenvalue weighted by Crippen LogP contribution is -1.96. The van der Waals surface area contributed by atoms with Crippen LogP contribution in [0.25, 0.3) is 0 Å². The summed E-state index contributed by atoms with van der Waals surface area (Å²) in [5.74, 6) is 0.850. The van der Waals surface area contributed by atoms with E-state index >= 15 is 0 Å². The molecule has 0 spiro atoms. The minimum Gasteiger partial charge on any atom is -0.489 e. The second-order valence-electron chi connectivity index (χ2n) is 5.84. The van der Waals surface area contributed by atoms with E-state index in [0.717, 1.165) is 29.7 Å². The molecule has 0 N–H and O–H groups in total. The van der Waals surface area contributed by atoms with Crippen LogP contribution in [0.3, 0.4) is 0 Å². The first-order valence-corrected chi connectivity index (χ1v) is 8.20. The quantitative estimate of drug-likeness (QED) is 0.453. The summed E-state index contributed by atoms with van der Waals surface area (Å²) >= 11 is 0. The van der Waals surface area contributed by atoms with Gasteiger partial charge in [0, 0.05) is 12.1 Å². The zero-order chi connectivity index (χ0) is 17.5. The number of ether oxygens (including phenoxy) is 1. The van der Waals surface area contributed by atoms with Gasteiger partial charge in [0.2, 0.25) is 0 Å². The van der Waals surface area contributed by atoms with E-state index < -0.39 is 0 Å². The Hall–Kier alpha value is -3.14. The normalized spacial score (nSPS) is 10.4. The van der Waals surface area contributed by atoms with Crippen LogP contribution in [-0.2, 0) is 19.4 Å². The summed E-state index contributed by atoms with van der Waals surface area (Å²) in [5.41, 5.74) is 3.58. The molecule has 0 fully saturated rings. The van der Waals surface area contributed by atoms with E-state index in [9.17, 15) is 10.1 Å². The molecular weight excluding hydrogens is 314 g/mol. The number of nitro groups is 1. The molecule has 4 heteroatoms. The van der Waals surface area contributed by atoms with Gasteiger partial charge in [-0.25, -0.2) is 0 Å². The van der Waals surface area contributed by atoms with Crippen molar-refractivity contribution in [1.82, 2.24) is 0 Å². The van der Waals surface area contributed by atoms with Gasteiger partial charge in [0.1, 0.15) is 12.4 Å². The van der Waals surface area contributed by atoms with Gasteiger partial charge in [-0.05, 0) is 41.7 Å². The van der Waals surface area contributed by atoms with Crippen LogP contribution in [0.5, 0.6) is 5.75 Å². The first kappa shape index (κ1) is 16.7. The Morgan fingerprint density at radius 3 is 1.84 bits per heavy atom. The van der Waals surface area contributed by atoms with Gasteiger partial charge < -0.3 is 4.74 Å². The monoisotopic (exact) mass is 333 g/mol. The van der Waals surface area contributed by atoms with Crippen LogP contribution >= 0.6 is 0 Å². The lowest BCUT2D eigenvalue weighted by Gasteiger charge is -2.07. The van der Waals surface area contributed by atoms with E-state index in [0.29, 0.717) is 6.61 Å². The van der Waals surface area contributed by atoms with Crippen LogP contribution in [0.2, 0.25) is 0 Å². The van der Waals surface area contributed by atoms with E-state index in [4.69, 9.17) is 4.74 Å². The molecule has 0 bridgehead atoms. The van der Waals surface area contributed by atoms with Crippen LogP contribution in [-0.4, -0.2) is 4.92 Å². The Labute approximate surface area is 146 Å². The van der Waals surface area contributed by atoms with Gasteiger partial charge in [-0.1, -0.05) is 54.6 Å². The molecule has 0 aromatic heterocycles. The number of aryl methyl sites for hydroxylation is 2. The van der Waals surface area contributed by atoms with E-state index in [1.165, 1.54) is 5.56 Å². The van der Waals surface area contributed by atoms with Crippen molar-refractivity contribution in [3.05, 3.63) is 106 Å². The van der Waals surface area contributed by atoms with Crippen molar-refractivity contribution < 1.29 is 9.66 Å². The first-order valence-electron chi connectivity index (χ1n) is 8.20. The fourth-order valence-electron chi connectivity index (χ4n) is 2.57. The second-order valence-corrected chi connectivity index (χ2v) is 5.84. The lowest BCUT2D eigenvalue weighted by atomic mass is 10.0. The van der Waals surface area contributed by atoms with Crippen molar-refractivity contribution in [2.45, 2.75) is 19.4 Å². The molecule has 0 saturated heterocycles. The average Bonchev–Trinajstić information content (AvgIpc) is 2.67. The highest BCUT2D eigenvalue weighted by atomic mass is 16.6. The molecule has 4 nitrogen and oxygen atoms in total. The van der Waals surface area contributed by atoms with Gasteiger partial charge in [0.15, 0.2) is 0 Å². The number of nitrogens with zero attached hydrogens (tertiary/aromatic N) is 1. The van der Waals surface area contributed by atoms with Crippen molar-refractivity contribution >= 4 is 5.69 Å². The van der Waals surface area contributed by atoms with E-state index in [1.54, 1.807) is 12.1 Å². The van der Waals surface area contributed by atoms with Crippen LogP contribution < -0.4 is 4.74 Å². The molecule has 0 unspecified atom stereocenters. The molecule has 0 heterocycles. The van der Waals surface area contributed by atoms with Crippen LogP contribution in [0.15, 0.2) is 78.9 Å². The van der Waals surface area contributed by atoms with Crippen LogP contribution in [0, 0.1) is 10.1 Å². The minimum absolute atomic E-state index is 0.128. The first-order chi connectivity index (χ1) is 12.2. The predicted molar refractivity (Wildman–Crippen MR) is 97.7 cm³/mol. The Kier molecular flexibility index (Phi) is 5.42. The van der Waals surface area contributed by atoms with Crippen molar-refractivity contribution in [2.24, 2.45) is 0 Å². The Morgan fingerprint density at radius 2 is 1.28 bits per heavy atom. The molecule has 0 radical (unpaired) electrons. The fraction of sp³-hybridized carbons (Fsp3) is 0.143. The van der Waals surface area contributed by atoms with Gasteiger partial charge in [0.25, 0.3) is 5.69 Å². The third-order valence-electron chi connectivity index (χ3n) is 4.02. The summed E-state index contributed by atoms with van der Waals surface area (Å²) in [6.45, 7) is 0.559. The lowest BCUT2D eigenvalue weighted by molar-refractivity contribution is -0.384. The molecule has 126 valence electrons. The maximum atomic E-state index is 10.7. The smallest absolute Gasteiger partial charge is 0.269 e. The third kappa shape index (κ3) is 4.91. The largest absolute Gasteiger partial charge is 0.489 e. The zero-order valence-corrected chi connectivity index (χ0v) is 13.8. The topological polar surface area (TPSA) is 52.4 Å². The number of hydrogen-bond donors (Lipinski definition) is 0. The average molecular weight is 333 g/mol. The van der Waals surface area contributed by atoms with Gasteiger partial charge in [-0.15, -0.1) is 0 Å². The number of non-ortho nitro benzene ring substituents is 1. The third-order valence-corrected chi connectivity index (χ3v) is 4.02. The molecule has 0 amide bonds. The van der Waals surface area contributed by atoms with Crippen molar-refractivity contribution in [2.75, 3.05) is 0 Å². The summed E-state index contributed by atoms with van der Waals surface area (Å²) in [5, 5.41) is 10.7. The Bertz CT molecular complexity index is 812. The fourth-order valence-corrected chi connectivity index (χ4v) is 2.57. The number of benzene rings is 3. The van der Waals surface area contributed by atoms with E-state index in [-0.39, 0.29) is 10.6 Å². The van der Waals surface area contributed by atoms with Crippen LogP contribution in [0.1, 0.15) is 16.7 Å². The van der Waals surface area contributed by atoms with Crippen LogP contribution in [0.4, 0.5) is 5.69 Å². The molecular formula is C21H19NO3. The number of rotatable bonds is 7. The van der Waals surface area contributed by atoms with E-state index in [2.05, 4.69) is 12.1 Å². The van der Waals surface area contributed by atoms with Gasteiger partial charge in [0.05, 0.1) is 4.92 Å². The molecule has 3 aromatic rings.